The number of hydrogen-bond donors (Lipinski definition) is 1. The number of nitrogens with one attached hydrogen (secondary N) is 1. The van der Waals surface area contributed by atoms with Crippen molar-refractivity contribution in [2.45, 2.75) is 20.1 Å². The molecule has 0 radical (unpaired) electrons. The number of benzene rings is 1. The molecule has 0 unspecified atom stereocenters. The van der Waals surface area contributed by atoms with Crippen LogP contribution < -0.4 is 4.90 Å². The Balaban J connectivity index is 1.53. The summed E-state index contributed by atoms with van der Waals surface area (Å²) in [5, 5.41) is 0. The van der Waals surface area contributed by atoms with E-state index in [1.165, 1.54) is 12.1 Å². The van der Waals surface area contributed by atoms with Crippen molar-refractivity contribution in [1.29, 1.82) is 0 Å². The Kier molecular flexibility index (Phi) is 5.62. The largest absolute Gasteiger partial charge is 0.378 e. The Hall–Kier alpha value is -2.88. The molecule has 9 heteroatoms. The summed E-state index contributed by atoms with van der Waals surface area (Å²) in [4.78, 5) is 19.4. The lowest BCUT2D eigenvalue weighted by atomic mass is 9.96. The van der Waals surface area contributed by atoms with Crippen molar-refractivity contribution in [2.24, 2.45) is 5.41 Å². The summed E-state index contributed by atoms with van der Waals surface area (Å²) in [5.74, 6) is 0.893. The summed E-state index contributed by atoms with van der Waals surface area (Å²) >= 11 is 0. The minimum atomic E-state index is -0.600. The number of ether oxygens (including phenoxy) is 3. The van der Waals surface area contributed by atoms with Gasteiger partial charge in [0, 0.05) is 30.3 Å². The monoisotopic (exact) mass is 439 g/mol. The van der Waals surface area contributed by atoms with Crippen LogP contribution in [-0.4, -0.2) is 59.5 Å². The fraction of sp³-hybridized carbons (Fsp3) is 0.435. The molecule has 0 bridgehead atoms. The van der Waals surface area contributed by atoms with Gasteiger partial charge in [0.2, 0.25) is 12.2 Å². The van der Waals surface area contributed by atoms with Crippen molar-refractivity contribution in [3.05, 3.63) is 48.2 Å². The highest BCUT2D eigenvalue weighted by atomic mass is 19.1. The van der Waals surface area contributed by atoms with E-state index in [9.17, 15) is 4.39 Å². The molecule has 168 valence electrons. The van der Waals surface area contributed by atoms with Gasteiger partial charge in [0.15, 0.2) is 5.82 Å². The van der Waals surface area contributed by atoms with Crippen molar-refractivity contribution in [1.82, 2.24) is 19.9 Å². The molecule has 2 aromatic heterocycles. The molecule has 0 spiro atoms. The van der Waals surface area contributed by atoms with Crippen LogP contribution in [-0.2, 0) is 14.2 Å². The molecule has 32 heavy (non-hydrogen) atoms. The second kappa shape index (κ2) is 8.57. The zero-order valence-electron chi connectivity index (χ0n) is 18.2. The molecule has 4 heterocycles. The number of aromatic amines is 1. The molecule has 0 atom stereocenters. The zero-order chi connectivity index (χ0) is 22.1. The second-order valence-electron chi connectivity index (χ2n) is 8.81. The molecule has 5 rings (SSSR count). The van der Waals surface area contributed by atoms with Crippen LogP contribution in [0.15, 0.2) is 36.5 Å². The minimum Gasteiger partial charge on any atom is -0.378 e. The van der Waals surface area contributed by atoms with E-state index in [1.807, 2.05) is 6.07 Å². The predicted molar refractivity (Wildman–Crippen MR) is 116 cm³/mol. The number of morpholine rings is 1. The van der Waals surface area contributed by atoms with Gasteiger partial charge in [-0.3, -0.25) is 0 Å². The number of halogens is 1. The SMILES string of the molecule is CC1(C)COC(c2nc(-c3ccc(F)cc3)c(-c3ccnc(N4CCOCC4)n3)[nH]2)OC1. The summed E-state index contributed by atoms with van der Waals surface area (Å²) in [5.41, 5.74) is 2.78. The maximum atomic E-state index is 13.5. The van der Waals surface area contributed by atoms with Crippen molar-refractivity contribution in [3.8, 4) is 22.6 Å². The third-order valence-corrected chi connectivity index (χ3v) is 5.51. The van der Waals surface area contributed by atoms with Crippen LogP contribution >= 0.6 is 0 Å². The molecule has 2 aliphatic rings. The maximum Gasteiger partial charge on any atom is 0.226 e. The first-order valence-electron chi connectivity index (χ1n) is 10.7. The van der Waals surface area contributed by atoms with E-state index in [0.717, 1.165) is 18.7 Å². The minimum absolute atomic E-state index is 0.0502. The van der Waals surface area contributed by atoms with Gasteiger partial charge >= 0.3 is 0 Å². The van der Waals surface area contributed by atoms with E-state index in [2.05, 4.69) is 28.7 Å². The predicted octanol–water partition coefficient (Wildman–Crippen LogP) is 3.58. The fourth-order valence-corrected chi connectivity index (χ4v) is 3.76. The van der Waals surface area contributed by atoms with Crippen LogP contribution in [0.4, 0.5) is 10.3 Å². The van der Waals surface area contributed by atoms with Crippen LogP contribution in [0.2, 0.25) is 0 Å². The summed E-state index contributed by atoms with van der Waals surface area (Å²) < 4.78 is 30.8. The maximum absolute atomic E-state index is 13.5. The smallest absolute Gasteiger partial charge is 0.226 e. The Morgan fingerprint density at radius 3 is 2.47 bits per heavy atom. The average Bonchev–Trinajstić information content (AvgIpc) is 3.26. The van der Waals surface area contributed by atoms with Gasteiger partial charge in [-0.25, -0.2) is 19.3 Å². The van der Waals surface area contributed by atoms with Crippen molar-refractivity contribution < 1.29 is 18.6 Å². The Morgan fingerprint density at radius 1 is 1.03 bits per heavy atom. The number of nitrogens with zero attached hydrogens (tertiary/aromatic N) is 4. The first kappa shape index (κ1) is 21.0. The third-order valence-electron chi connectivity index (χ3n) is 5.51. The number of aromatic nitrogens is 4. The summed E-state index contributed by atoms with van der Waals surface area (Å²) in [6, 6.07) is 8.08. The Bertz CT molecular complexity index is 1070. The highest BCUT2D eigenvalue weighted by Gasteiger charge is 2.32. The van der Waals surface area contributed by atoms with E-state index in [-0.39, 0.29) is 11.2 Å². The first-order valence-corrected chi connectivity index (χ1v) is 10.7. The molecule has 0 aliphatic carbocycles. The summed E-state index contributed by atoms with van der Waals surface area (Å²) in [6.07, 6.45) is 1.13. The number of rotatable bonds is 4. The molecule has 0 saturated carbocycles. The molecule has 2 saturated heterocycles. The normalized spacial score (nSPS) is 19.3. The number of imidazole rings is 1. The molecule has 8 nitrogen and oxygen atoms in total. The second-order valence-corrected chi connectivity index (χ2v) is 8.81. The van der Waals surface area contributed by atoms with E-state index in [1.54, 1.807) is 18.3 Å². The molecular weight excluding hydrogens is 413 g/mol. The molecule has 2 fully saturated rings. The van der Waals surface area contributed by atoms with Crippen LogP contribution in [0, 0.1) is 11.2 Å². The van der Waals surface area contributed by atoms with E-state index in [0.29, 0.717) is 55.3 Å². The lowest BCUT2D eigenvalue weighted by Gasteiger charge is -2.33. The lowest BCUT2D eigenvalue weighted by Crippen LogP contribution is -2.37. The van der Waals surface area contributed by atoms with Gasteiger partial charge in [-0.15, -0.1) is 0 Å². The van der Waals surface area contributed by atoms with Gasteiger partial charge in [-0.1, -0.05) is 13.8 Å². The summed E-state index contributed by atoms with van der Waals surface area (Å²) in [7, 11) is 0. The van der Waals surface area contributed by atoms with E-state index >= 15 is 0 Å². The Labute approximate surface area is 185 Å². The van der Waals surface area contributed by atoms with Gasteiger partial charge in [0.05, 0.1) is 43.5 Å². The molecule has 1 N–H and O–H groups in total. The first-order chi connectivity index (χ1) is 15.5. The molecule has 3 aromatic rings. The number of anilines is 1. The van der Waals surface area contributed by atoms with Gasteiger partial charge in [-0.2, -0.15) is 0 Å². The highest BCUT2D eigenvalue weighted by molar-refractivity contribution is 5.77. The molecule has 2 aliphatic heterocycles. The third kappa shape index (κ3) is 4.36. The number of hydrogen-bond acceptors (Lipinski definition) is 7. The highest BCUT2D eigenvalue weighted by Crippen LogP contribution is 2.35. The van der Waals surface area contributed by atoms with Gasteiger partial charge < -0.3 is 24.1 Å². The topological polar surface area (TPSA) is 85.4 Å². The van der Waals surface area contributed by atoms with Gasteiger partial charge in [0.25, 0.3) is 0 Å². The standard InChI is InChI=1S/C23H26FN5O3/c1-23(2)13-31-21(32-14-23)20-27-18(15-3-5-16(24)6-4-15)19(28-20)17-7-8-25-22(26-17)29-9-11-30-12-10-29/h3-8,21H,9-14H2,1-2H3,(H,27,28). The van der Waals surface area contributed by atoms with Crippen LogP contribution in [0.3, 0.4) is 0 Å². The molecule has 1 aromatic carbocycles. The van der Waals surface area contributed by atoms with E-state index in [4.69, 9.17) is 24.2 Å². The van der Waals surface area contributed by atoms with Crippen LogP contribution in [0.5, 0.6) is 0 Å². The molecule has 0 amide bonds. The quantitative estimate of drug-likeness (QED) is 0.665. The molecular formula is C23H26FN5O3. The Morgan fingerprint density at radius 2 is 1.75 bits per heavy atom. The van der Waals surface area contributed by atoms with E-state index < -0.39 is 6.29 Å². The van der Waals surface area contributed by atoms with Crippen molar-refractivity contribution >= 4 is 5.95 Å². The van der Waals surface area contributed by atoms with Crippen LogP contribution in [0.25, 0.3) is 22.6 Å². The summed E-state index contributed by atoms with van der Waals surface area (Å²) in [6.45, 7) is 8.08. The van der Waals surface area contributed by atoms with Crippen LogP contribution in [0.1, 0.15) is 26.0 Å². The van der Waals surface area contributed by atoms with Crippen molar-refractivity contribution in [2.75, 3.05) is 44.4 Å². The van der Waals surface area contributed by atoms with Gasteiger partial charge in [0.1, 0.15) is 5.82 Å². The lowest BCUT2D eigenvalue weighted by molar-refractivity contribution is -0.229. The fourth-order valence-electron chi connectivity index (χ4n) is 3.76. The van der Waals surface area contributed by atoms with Gasteiger partial charge in [-0.05, 0) is 30.3 Å². The average molecular weight is 439 g/mol. The zero-order valence-corrected chi connectivity index (χ0v) is 18.2. The van der Waals surface area contributed by atoms with Crippen molar-refractivity contribution in [3.63, 3.8) is 0 Å². The number of H-pyrrole nitrogens is 1.